The highest BCUT2D eigenvalue weighted by molar-refractivity contribution is 8.08. The van der Waals surface area contributed by atoms with E-state index in [1.807, 2.05) is 11.8 Å². The zero-order chi connectivity index (χ0) is 31.6. The predicted molar refractivity (Wildman–Crippen MR) is 205 cm³/mol. The van der Waals surface area contributed by atoms with Crippen molar-refractivity contribution in [3.8, 4) is 0 Å². The molecule has 3 aromatic carbocycles. The lowest BCUT2D eigenvalue weighted by Gasteiger charge is -2.28. The number of benzene rings is 3. The van der Waals surface area contributed by atoms with Crippen LogP contribution in [0.25, 0.3) is 21.3 Å². The minimum absolute atomic E-state index is 0.314. The summed E-state index contributed by atoms with van der Waals surface area (Å²) in [6.07, 6.45) is 38.0. The molecule has 0 amide bonds. The first-order chi connectivity index (χ1) is 22.7. The van der Waals surface area contributed by atoms with E-state index in [9.17, 15) is 0 Å². The van der Waals surface area contributed by atoms with Crippen LogP contribution in [-0.4, -0.2) is 12.3 Å². The first-order valence-corrected chi connectivity index (χ1v) is 18.2. The molecule has 0 fully saturated rings. The molecule has 2 heterocycles. The summed E-state index contributed by atoms with van der Waals surface area (Å²) in [7, 11) is 0. The van der Waals surface area contributed by atoms with Crippen LogP contribution in [0, 0.1) is 0 Å². The van der Waals surface area contributed by atoms with E-state index in [2.05, 4.69) is 152 Å². The average molecular weight is 622 g/mol. The summed E-state index contributed by atoms with van der Waals surface area (Å²) in [6, 6.07) is 20.7. The quantitative estimate of drug-likeness (QED) is 0.191. The minimum Gasteiger partial charge on any atom is -0.338 e. The maximum absolute atomic E-state index is 2.49. The molecule has 0 radical (unpaired) electrons. The van der Waals surface area contributed by atoms with Crippen LogP contribution < -0.4 is 4.90 Å². The number of thioether (sulfide) groups is 1. The third-order valence-corrected chi connectivity index (χ3v) is 10.3. The number of hydrogen-bond acceptors (Lipinski definition) is 2. The van der Waals surface area contributed by atoms with Gasteiger partial charge < -0.3 is 4.90 Å². The molecule has 0 bridgehead atoms. The molecule has 6 rings (SSSR count). The van der Waals surface area contributed by atoms with Crippen LogP contribution in [-0.2, 0) is 6.42 Å². The molecule has 2 heteroatoms. The fourth-order valence-corrected chi connectivity index (χ4v) is 7.67. The molecule has 1 aliphatic carbocycles. The van der Waals surface area contributed by atoms with Crippen molar-refractivity contribution in [2.75, 3.05) is 17.2 Å². The van der Waals surface area contributed by atoms with Gasteiger partial charge >= 0.3 is 0 Å². The Morgan fingerprint density at radius 2 is 1.76 bits per heavy atom. The number of hydrogen-bond donors (Lipinski definition) is 0. The van der Waals surface area contributed by atoms with Gasteiger partial charge in [0.15, 0.2) is 0 Å². The lowest BCUT2D eigenvalue weighted by molar-refractivity contribution is 0.803. The summed E-state index contributed by atoms with van der Waals surface area (Å²) >= 11 is 1.98. The van der Waals surface area contributed by atoms with Gasteiger partial charge in [0.2, 0.25) is 0 Å². The highest BCUT2D eigenvalue weighted by Gasteiger charge is 2.18. The molecule has 1 nitrogen and oxygen atoms in total. The van der Waals surface area contributed by atoms with Crippen LogP contribution in [0.15, 0.2) is 139 Å². The van der Waals surface area contributed by atoms with Gasteiger partial charge in [-0.05, 0) is 109 Å². The number of anilines is 1. The molecule has 0 saturated carbocycles. The Labute approximate surface area is 281 Å². The summed E-state index contributed by atoms with van der Waals surface area (Å²) < 4.78 is 0. The number of rotatable bonds is 7. The molecule has 0 spiro atoms. The fraction of sp³-hybridized carbons (Fsp3) is 0.273. The maximum Gasteiger partial charge on any atom is 0.0455 e. The van der Waals surface area contributed by atoms with E-state index in [1.54, 1.807) is 0 Å². The first-order valence-electron chi connectivity index (χ1n) is 17.2. The summed E-state index contributed by atoms with van der Waals surface area (Å²) in [5.74, 6) is 1.35. The van der Waals surface area contributed by atoms with Crippen LogP contribution in [0.3, 0.4) is 0 Å². The summed E-state index contributed by atoms with van der Waals surface area (Å²) in [4.78, 5) is 3.91. The van der Waals surface area contributed by atoms with Crippen molar-refractivity contribution in [2.24, 2.45) is 0 Å². The predicted octanol–water partition coefficient (Wildman–Crippen LogP) is 12.5. The SMILES string of the molecule is C/C=C(\C=C/C(CC)c1cc(C2=CCCC=C2)cc(/C2=C/CCC/C=C\CS2)c1)N1C/C=C\C=C/Cc2c1ccc1ccccc21. The molecule has 1 unspecified atom stereocenters. The Kier molecular flexibility index (Phi) is 11.1. The lowest BCUT2D eigenvalue weighted by Crippen LogP contribution is -2.23. The first kappa shape index (κ1) is 32.0. The molecule has 234 valence electrons. The van der Waals surface area contributed by atoms with E-state index in [1.165, 1.54) is 67.7 Å². The van der Waals surface area contributed by atoms with E-state index in [0.717, 1.165) is 44.4 Å². The van der Waals surface area contributed by atoms with Gasteiger partial charge in [-0.1, -0.05) is 122 Å². The van der Waals surface area contributed by atoms with Gasteiger partial charge in [-0.15, -0.1) is 11.8 Å². The molecular formula is C44H47NS. The van der Waals surface area contributed by atoms with Gasteiger partial charge in [0.05, 0.1) is 0 Å². The van der Waals surface area contributed by atoms with E-state index in [0.29, 0.717) is 5.92 Å². The minimum atomic E-state index is 0.314. The fourth-order valence-electron chi connectivity index (χ4n) is 6.74. The van der Waals surface area contributed by atoms with Gasteiger partial charge in [-0.2, -0.15) is 0 Å². The average Bonchev–Trinajstić information content (AvgIpc) is 3.32. The number of fused-ring (bicyclic) bond motifs is 3. The third kappa shape index (κ3) is 7.68. The van der Waals surface area contributed by atoms with E-state index in [4.69, 9.17) is 0 Å². The second kappa shape index (κ2) is 16.0. The Hall–Kier alpha value is -4.01. The standard InChI is InChI=1S/C44H47NS/c1-3-34(37-31-38(35-19-11-10-12-20-35)33-39(32-37)44-24-14-6-5-9-18-30-46-44)25-27-40(4-2)45-29-17-8-7-13-23-42-41-22-16-15-21-36(41)26-28-43(42)45/h4,7-9,11,13,15-22,24-28,31-34H,3,5-6,10,12,14,23,29-30H2,1-2H3/b13-7-,17-8-,18-9-,27-25-,40-4+,44-24-. The van der Waals surface area contributed by atoms with Crippen molar-refractivity contribution < 1.29 is 0 Å². The van der Waals surface area contributed by atoms with Crippen molar-refractivity contribution in [3.05, 3.63) is 162 Å². The molecule has 1 atom stereocenters. The van der Waals surface area contributed by atoms with Crippen LogP contribution in [0.2, 0.25) is 0 Å². The van der Waals surface area contributed by atoms with Crippen molar-refractivity contribution in [2.45, 2.75) is 64.7 Å². The van der Waals surface area contributed by atoms with Gasteiger partial charge in [0.1, 0.15) is 0 Å². The Morgan fingerprint density at radius 1 is 0.870 bits per heavy atom. The van der Waals surface area contributed by atoms with Gasteiger partial charge in [0, 0.05) is 34.5 Å². The normalized spacial score (nSPS) is 21.4. The highest BCUT2D eigenvalue weighted by Crippen LogP contribution is 2.37. The van der Waals surface area contributed by atoms with Crippen LogP contribution in [0.1, 0.15) is 80.5 Å². The highest BCUT2D eigenvalue weighted by atomic mass is 32.2. The third-order valence-electron chi connectivity index (χ3n) is 9.25. The van der Waals surface area contributed by atoms with Crippen LogP contribution >= 0.6 is 11.8 Å². The van der Waals surface area contributed by atoms with Gasteiger partial charge in [-0.3, -0.25) is 0 Å². The molecule has 3 aromatic rings. The molecule has 0 aromatic heterocycles. The van der Waals surface area contributed by atoms with E-state index < -0.39 is 0 Å². The topological polar surface area (TPSA) is 3.24 Å². The molecule has 0 N–H and O–H groups in total. The second-order valence-corrected chi connectivity index (χ2v) is 13.4. The largest absolute Gasteiger partial charge is 0.338 e. The Morgan fingerprint density at radius 3 is 2.63 bits per heavy atom. The molecule has 46 heavy (non-hydrogen) atoms. The second-order valence-electron chi connectivity index (χ2n) is 12.3. The monoisotopic (exact) mass is 621 g/mol. The molecular weight excluding hydrogens is 575 g/mol. The summed E-state index contributed by atoms with van der Waals surface area (Å²) in [5.41, 5.74) is 9.38. The van der Waals surface area contributed by atoms with Crippen molar-refractivity contribution in [1.82, 2.24) is 0 Å². The van der Waals surface area contributed by atoms with Crippen molar-refractivity contribution in [1.29, 1.82) is 0 Å². The number of allylic oxidation sites excluding steroid dienone is 12. The maximum atomic E-state index is 2.49. The van der Waals surface area contributed by atoms with Gasteiger partial charge in [0.25, 0.3) is 0 Å². The van der Waals surface area contributed by atoms with Crippen molar-refractivity contribution >= 4 is 38.7 Å². The molecule has 0 saturated heterocycles. The molecule has 3 aliphatic rings. The molecule has 2 aliphatic heterocycles. The van der Waals surface area contributed by atoms with Crippen LogP contribution in [0.4, 0.5) is 5.69 Å². The van der Waals surface area contributed by atoms with Gasteiger partial charge in [-0.25, -0.2) is 0 Å². The van der Waals surface area contributed by atoms with E-state index in [-0.39, 0.29) is 0 Å². The zero-order valence-corrected chi connectivity index (χ0v) is 28.3. The Balaban J connectivity index is 1.37. The summed E-state index contributed by atoms with van der Waals surface area (Å²) in [6.45, 7) is 5.33. The number of nitrogens with zero attached hydrogens (tertiary/aromatic N) is 1. The van der Waals surface area contributed by atoms with E-state index >= 15 is 0 Å². The Bertz CT molecular complexity index is 1770. The van der Waals surface area contributed by atoms with Crippen LogP contribution in [0.5, 0.6) is 0 Å². The smallest absolute Gasteiger partial charge is 0.0455 e. The van der Waals surface area contributed by atoms with Crippen molar-refractivity contribution in [3.63, 3.8) is 0 Å². The zero-order valence-electron chi connectivity index (χ0n) is 27.5. The lowest BCUT2D eigenvalue weighted by atomic mass is 9.89. The summed E-state index contributed by atoms with van der Waals surface area (Å²) in [5, 5.41) is 2.64.